The van der Waals surface area contributed by atoms with Gasteiger partial charge in [0.1, 0.15) is 0 Å². The lowest BCUT2D eigenvalue weighted by molar-refractivity contribution is 1.18. The molecule has 188 valence electrons. The van der Waals surface area contributed by atoms with E-state index < -0.39 is 0 Å². The number of benzene rings is 7. The van der Waals surface area contributed by atoms with Crippen LogP contribution >= 0.6 is 0 Å². The third-order valence-corrected chi connectivity index (χ3v) is 8.22. The number of nitrogens with zero attached hydrogens (tertiary/aromatic N) is 3. The highest BCUT2D eigenvalue weighted by Crippen LogP contribution is 2.46. The summed E-state index contributed by atoms with van der Waals surface area (Å²) in [7, 11) is 0. The Morgan fingerprint density at radius 1 is 0.463 bits per heavy atom. The summed E-state index contributed by atoms with van der Waals surface area (Å²) in [5.41, 5.74) is 6.86. The number of fused-ring (bicyclic) bond motifs is 10. The molecule has 1 aromatic heterocycles. The predicted molar refractivity (Wildman–Crippen MR) is 168 cm³/mol. The van der Waals surface area contributed by atoms with Crippen LogP contribution in [0.1, 0.15) is 11.1 Å². The summed E-state index contributed by atoms with van der Waals surface area (Å²) < 4.78 is 2.34. The van der Waals surface area contributed by atoms with E-state index in [1.165, 1.54) is 43.1 Å². The minimum absolute atomic E-state index is 0.645. The van der Waals surface area contributed by atoms with Crippen molar-refractivity contribution >= 4 is 54.1 Å². The lowest BCUT2D eigenvalue weighted by atomic mass is 9.88. The summed E-state index contributed by atoms with van der Waals surface area (Å²) in [4.78, 5) is 0. The van der Waals surface area contributed by atoms with Crippen LogP contribution in [-0.4, -0.2) is 4.57 Å². The second kappa shape index (κ2) is 8.82. The van der Waals surface area contributed by atoms with Crippen LogP contribution in [0.25, 0.3) is 70.9 Å². The van der Waals surface area contributed by atoms with Gasteiger partial charge in [-0.05, 0) is 81.2 Å². The fourth-order valence-electron chi connectivity index (χ4n) is 6.45. The van der Waals surface area contributed by atoms with E-state index in [-0.39, 0.29) is 0 Å². The highest BCUT2D eigenvalue weighted by atomic mass is 15.0. The van der Waals surface area contributed by atoms with Gasteiger partial charge in [-0.2, -0.15) is 10.5 Å². The third-order valence-electron chi connectivity index (χ3n) is 8.22. The number of hydrogen-bond donors (Lipinski definition) is 0. The molecule has 0 aliphatic heterocycles. The van der Waals surface area contributed by atoms with E-state index in [0.29, 0.717) is 11.1 Å². The lowest BCUT2D eigenvalue weighted by Crippen LogP contribution is -1.95. The first-order chi connectivity index (χ1) is 20.3. The molecule has 7 aromatic carbocycles. The van der Waals surface area contributed by atoms with Gasteiger partial charge >= 0.3 is 0 Å². The van der Waals surface area contributed by atoms with Crippen LogP contribution in [0.4, 0.5) is 0 Å². The zero-order valence-electron chi connectivity index (χ0n) is 22.0. The Labute approximate surface area is 236 Å². The first kappa shape index (κ1) is 23.0. The van der Waals surface area contributed by atoms with Crippen molar-refractivity contribution in [3.8, 4) is 29.0 Å². The van der Waals surface area contributed by atoms with E-state index in [2.05, 4.69) is 95.6 Å². The van der Waals surface area contributed by atoms with Crippen molar-refractivity contribution in [1.82, 2.24) is 4.57 Å². The molecule has 0 aliphatic carbocycles. The van der Waals surface area contributed by atoms with E-state index in [4.69, 9.17) is 0 Å². The molecule has 41 heavy (non-hydrogen) atoms. The van der Waals surface area contributed by atoms with E-state index in [1.54, 1.807) is 0 Å². The molecule has 3 heteroatoms. The average Bonchev–Trinajstić information content (AvgIpc) is 3.40. The van der Waals surface area contributed by atoms with Gasteiger partial charge in [-0.15, -0.1) is 0 Å². The molecule has 0 radical (unpaired) electrons. The molecule has 0 spiro atoms. The fraction of sp³-hybridized carbons (Fsp3) is 0. The summed E-state index contributed by atoms with van der Waals surface area (Å²) in [6.45, 7) is 0. The molecule has 0 aliphatic rings. The Balaban J connectivity index is 1.62. The van der Waals surface area contributed by atoms with Gasteiger partial charge in [-0.1, -0.05) is 78.9 Å². The minimum Gasteiger partial charge on any atom is -0.309 e. The third kappa shape index (κ3) is 3.31. The molecular formula is C38H21N3. The van der Waals surface area contributed by atoms with Crippen molar-refractivity contribution in [2.75, 3.05) is 0 Å². The van der Waals surface area contributed by atoms with Crippen molar-refractivity contribution < 1.29 is 0 Å². The van der Waals surface area contributed by atoms with Crippen molar-refractivity contribution in [3.63, 3.8) is 0 Å². The summed E-state index contributed by atoms with van der Waals surface area (Å²) >= 11 is 0. The summed E-state index contributed by atoms with van der Waals surface area (Å²) in [6.07, 6.45) is 0. The number of nitriles is 2. The van der Waals surface area contributed by atoms with Gasteiger partial charge in [0.2, 0.25) is 0 Å². The molecule has 0 atom stereocenters. The number of aromatic nitrogens is 1. The summed E-state index contributed by atoms with van der Waals surface area (Å²) in [6, 6.07) is 48.4. The van der Waals surface area contributed by atoms with Crippen LogP contribution in [-0.2, 0) is 0 Å². The Kier molecular flexibility index (Phi) is 4.95. The zero-order chi connectivity index (χ0) is 27.5. The molecule has 8 aromatic rings. The lowest BCUT2D eigenvalue weighted by Gasteiger charge is -2.16. The van der Waals surface area contributed by atoms with Gasteiger partial charge in [0.05, 0.1) is 34.3 Å². The highest BCUT2D eigenvalue weighted by molar-refractivity contribution is 6.37. The van der Waals surface area contributed by atoms with E-state index >= 15 is 0 Å². The quantitative estimate of drug-likeness (QED) is 0.214. The monoisotopic (exact) mass is 519 g/mol. The molecule has 0 saturated heterocycles. The van der Waals surface area contributed by atoms with Gasteiger partial charge in [0, 0.05) is 27.2 Å². The molecule has 0 saturated carbocycles. The van der Waals surface area contributed by atoms with E-state index in [0.717, 1.165) is 27.8 Å². The van der Waals surface area contributed by atoms with Crippen molar-refractivity contribution in [2.24, 2.45) is 0 Å². The standard InChI is InChI=1S/C38H21N3/c39-22-24-13-17-26(18-14-24)33-21-34-29-8-2-4-10-31(29)38-37(36(34)30-9-3-1-7-28(30)33)32-11-5-6-12-35(32)41(38)27-19-15-25(23-40)16-20-27/h1-21H. The average molecular weight is 520 g/mol. The van der Waals surface area contributed by atoms with E-state index in [9.17, 15) is 10.5 Å². The Morgan fingerprint density at radius 2 is 1.02 bits per heavy atom. The largest absolute Gasteiger partial charge is 0.309 e. The molecule has 0 bridgehead atoms. The van der Waals surface area contributed by atoms with Crippen LogP contribution in [0.3, 0.4) is 0 Å². The zero-order valence-corrected chi connectivity index (χ0v) is 22.0. The molecule has 0 amide bonds. The van der Waals surface area contributed by atoms with Gasteiger partial charge < -0.3 is 4.57 Å². The Morgan fingerprint density at radius 3 is 1.71 bits per heavy atom. The van der Waals surface area contributed by atoms with Gasteiger partial charge in [0.15, 0.2) is 0 Å². The molecule has 0 unspecified atom stereocenters. The van der Waals surface area contributed by atoms with Gasteiger partial charge in [0.25, 0.3) is 0 Å². The van der Waals surface area contributed by atoms with E-state index in [1.807, 2.05) is 48.5 Å². The molecule has 1 heterocycles. The SMILES string of the molecule is N#Cc1ccc(-c2cc3c4ccccc4c4c(c5ccccc5n4-c4ccc(C#N)cc4)c3c3ccccc23)cc1. The summed E-state index contributed by atoms with van der Waals surface area (Å²) in [5, 5.41) is 28.4. The molecular weight excluding hydrogens is 498 g/mol. The Hall–Kier alpha value is -5.90. The number of hydrogen-bond acceptors (Lipinski definition) is 2. The van der Waals surface area contributed by atoms with Gasteiger partial charge in [-0.25, -0.2) is 0 Å². The maximum Gasteiger partial charge on any atom is 0.0991 e. The Bertz CT molecular complexity index is 2410. The normalized spacial score (nSPS) is 11.4. The minimum atomic E-state index is 0.645. The second-order valence-corrected chi connectivity index (χ2v) is 10.4. The molecule has 0 fully saturated rings. The molecule has 8 rings (SSSR count). The van der Waals surface area contributed by atoms with Crippen molar-refractivity contribution in [2.45, 2.75) is 0 Å². The second-order valence-electron chi connectivity index (χ2n) is 10.4. The topological polar surface area (TPSA) is 52.5 Å². The van der Waals surface area contributed by atoms with Crippen LogP contribution in [0.15, 0.2) is 127 Å². The maximum atomic E-state index is 9.42. The number of para-hydroxylation sites is 1. The predicted octanol–water partition coefficient (Wildman–Crippen LogP) is 9.65. The van der Waals surface area contributed by atoms with Crippen molar-refractivity contribution in [3.05, 3.63) is 139 Å². The van der Waals surface area contributed by atoms with Crippen LogP contribution < -0.4 is 0 Å². The number of rotatable bonds is 2. The molecule has 0 N–H and O–H groups in total. The fourth-order valence-corrected chi connectivity index (χ4v) is 6.45. The first-order valence-electron chi connectivity index (χ1n) is 13.6. The molecule has 3 nitrogen and oxygen atoms in total. The highest BCUT2D eigenvalue weighted by Gasteiger charge is 2.21. The van der Waals surface area contributed by atoms with Crippen LogP contribution in [0, 0.1) is 22.7 Å². The summed E-state index contributed by atoms with van der Waals surface area (Å²) in [5.74, 6) is 0. The van der Waals surface area contributed by atoms with Gasteiger partial charge in [-0.3, -0.25) is 0 Å². The maximum absolute atomic E-state index is 9.42. The van der Waals surface area contributed by atoms with Crippen LogP contribution in [0.5, 0.6) is 0 Å². The van der Waals surface area contributed by atoms with Crippen LogP contribution in [0.2, 0.25) is 0 Å². The first-order valence-corrected chi connectivity index (χ1v) is 13.6. The smallest absolute Gasteiger partial charge is 0.0991 e. The van der Waals surface area contributed by atoms with Crippen molar-refractivity contribution in [1.29, 1.82) is 10.5 Å².